The van der Waals surface area contributed by atoms with E-state index in [1.807, 2.05) is 0 Å². The van der Waals surface area contributed by atoms with E-state index in [4.69, 9.17) is 14.2 Å². The third-order valence-electron chi connectivity index (χ3n) is 9.50. The summed E-state index contributed by atoms with van der Waals surface area (Å²) >= 11 is 0. The summed E-state index contributed by atoms with van der Waals surface area (Å²) in [6, 6.07) is 0. The van der Waals surface area contributed by atoms with E-state index in [1.165, 1.54) is 7.11 Å². The molecule has 2 saturated heterocycles. The number of rotatable bonds is 1. The van der Waals surface area contributed by atoms with Crippen molar-refractivity contribution in [3.8, 4) is 0 Å². The van der Waals surface area contributed by atoms with Crippen molar-refractivity contribution < 1.29 is 28.6 Å². The smallest absolute Gasteiger partial charge is 0.309 e. The summed E-state index contributed by atoms with van der Waals surface area (Å²) < 4.78 is 17.7. The molecule has 156 valence electrons. The number of ketones is 1. The Bertz CT molecular complexity index is 861. The molecule has 6 nitrogen and oxygen atoms in total. The van der Waals surface area contributed by atoms with Crippen LogP contribution in [-0.4, -0.2) is 42.1 Å². The van der Waals surface area contributed by atoms with Gasteiger partial charge in [0.25, 0.3) is 0 Å². The van der Waals surface area contributed by atoms with Crippen molar-refractivity contribution in [3.63, 3.8) is 0 Å². The van der Waals surface area contributed by atoms with Gasteiger partial charge in [-0.3, -0.25) is 14.4 Å². The standard InChI is InChI=1S/C23H28O6/c1-21-6-3-13(24)9-12(21)10-15(20(26)27-2)19-14-4-7-22(8-5-18(25)29-22)16(14)11-17-23(19,21)28-17/h9,14-17,19H,3-8,10-11H2,1-2H3/t14?,15?,16?,17-,19?,21?,22-,23-/m1/s1. The lowest BCUT2D eigenvalue weighted by atomic mass is 9.46. The summed E-state index contributed by atoms with van der Waals surface area (Å²) in [7, 11) is 1.45. The average Bonchev–Trinajstić information content (AvgIpc) is 3.19. The highest BCUT2D eigenvalue weighted by molar-refractivity contribution is 5.92. The lowest BCUT2D eigenvalue weighted by Gasteiger charge is -2.55. The molecule has 0 radical (unpaired) electrons. The lowest BCUT2D eigenvalue weighted by molar-refractivity contribution is -0.160. The largest absolute Gasteiger partial charge is 0.469 e. The van der Waals surface area contributed by atoms with E-state index in [9.17, 15) is 14.4 Å². The van der Waals surface area contributed by atoms with Crippen LogP contribution in [-0.2, 0) is 28.6 Å². The van der Waals surface area contributed by atoms with Crippen molar-refractivity contribution in [2.45, 2.75) is 75.6 Å². The molecule has 0 aromatic rings. The van der Waals surface area contributed by atoms with Gasteiger partial charge < -0.3 is 14.2 Å². The SMILES string of the molecule is COC(=O)C1CC2=CC(=O)CCC2(C)[C@@]23O[C@@H]2CC2C(CC[C@@]24CCC(=O)O4)C13. The van der Waals surface area contributed by atoms with Crippen LogP contribution >= 0.6 is 0 Å². The van der Waals surface area contributed by atoms with Crippen molar-refractivity contribution in [1.29, 1.82) is 0 Å². The molecule has 2 aliphatic heterocycles. The van der Waals surface area contributed by atoms with Crippen molar-refractivity contribution in [3.05, 3.63) is 11.6 Å². The predicted molar refractivity (Wildman–Crippen MR) is 101 cm³/mol. The average molecular weight is 400 g/mol. The maximum atomic E-state index is 12.9. The van der Waals surface area contributed by atoms with Gasteiger partial charge in [-0.05, 0) is 50.5 Å². The first-order valence-corrected chi connectivity index (χ1v) is 11.1. The van der Waals surface area contributed by atoms with Gasteiger partial charge in [0.2, 0.25) is 0 Å². The number of ether oxygens (including phenoxy) is 3. The molecule has 3 saturated carbocycles. The molecule has 0 N–H and O–H groups in total. The van der Waals surface area contributed by atoms with Crippen LogP contribution in [0.4, 0.5) is 0 Å². The highest BCUT2D eigenvalue weighted by Gasteiger charge is 2.81. The topological polar surface area (TPSA) is 82.2 Å². The Morgan fingerprint density at radius 1 is 1.21 bits per heavy atom. The molecule has 0 aromatic heterocycles. The van der Waals surface area contributed by atoms with Crippen molar-refractivity contribution in [2.75, 3.05) is 7.11 Å². The van der Waals surface area contributed by atoms with E-state index in [-0.39, 0.29) is 58.2 Å². The normalized spacial score (nSPS) is 52.1. The Kier molecular flexibility index (Phi) is 3.44. The monoisotopic (exact) mass is 400 g/mol. The van der Waals surface area contributed by atoms with E-state index < -0.39 is 0 Å². The number of methoxy groups -OCH3 is 1. The summed E-state index contributed by atoms with van der Waals surface area (Å²) in [5.74, 6) is 0.179. The second-order valence-corrected chi connectivity index (χ2v) is 10.3. The minimum Gasteiger partial charge on any atom is -0.469 e. The number of carbonyl (C=O) groups is 3. The molecular formula is C23H28O6. The number of hydrogen-bond donors (Lipinski definition) is 0. The van der Waals surface area contributed by atoms with Crippen LogP contribution in [0.25, 0.3) is 0 Å². The molecule has 6 aliphatic rings. The van der Waals surface area contributed by atoms with Gasteiger partial charge in [0.05, 0.1) is 19.1 Å². The summed E-state index contributed by atoms with van der Waals surface area (Å²) in [5, 5.41) is 0. The quantitative estimate of drug-likeness (QED) is 0.497. The van der Waals surface area contributed by atoms with Gasteiger partial charge in [0, 0.05) is 30.1 Å². The molecule has 6 rings (SSSR count). The zero-order chi connectivity index (χ0) is 20.2. The molecule has 2 spiro atoms. The number of hydrogen-bond acceptors (Lipinski definition) is 6. The van der Waals surface area contributed by atoms with Gasteiger partial charge in [-0.25, -0.2) is 0 Å². The van der Waals surface area contributed by atoms with Gasteiger partial charge in [0.15, 0.2) is 5.78 Å². The van der Waals surface area contributed by atoms with Crippen LogP contribution in [0.3, 0.4) is 0 Å². The van der Waals surface area contributed by atoms with E-state index in [0.717, 1.165) is 37.7 Å². The molecule has 2 heterocycles. The molecule has 4 aliphatic carbocycles. The second-order valence-electron chi connectivity index (χ2n) is 10.3. The van der Waals surface area contributed by atoms with Crippen molar-refractivity contribution >= 4 is 17.7 Å². The van der Waals surface area contributed by atoms with Gasteiger partial charge in [-0.1, -0.05) is 12.5 Å². The first-order valence-electron chi connectivity index (χ1n) is 11.1. The van der Waals surface area contributed by atoms with E-state index in [2.05, 4.69) is 6.92 Å². The lowest BCUT2D eigenvalue weighted by Crippen LogP contribution is -2.60. The predicted octanol–water partition coefficient (Wildman–Crippen LogP) is 2.73. The van der Waals surface area contributed by atoms with Crippen LogP contribution < -0.4 is 0 Å². The minimum absolute atomic E-state index is 0.0627. The molecule has 0 amide bonds. The Morgan fingerprint density at radius 3 is 2.76 bits per heavy atom. The summed E-state index contributed by atoms with van der Waals surface area (Å²) in [5.41, 5.74) is 0.126. The first kappa shape index (κ1) is 18.1. The van der Waals surface area contributed by atoms with E-state index >= 15 is 0 Å². The van der Waals surface area contributed by atoms with Crippen LogP contribution in [0.2, 0.25) is 0 Å². The van der Waals surface area contributed by atoms with Gasteiger partial charge in [0.1, 0.15) is 11.2 Å². The molecule has 5 unspecified atom stereocenters. The van der Waals surface area contributed by atoms with E-state index in [1.54, 1.807) is 6.08 Å². The minimum atomic E-state index is -0.383. The third-order valence-corrected chi connectivity index (χ3v) is 9.50. The Balaban J connectivity index is 1.45. The van der Waals surface area contributed by atoms with E-state index in [0.29, 0.717) is 25.2 Å². The van der Waals surface area contributed by atoms with Crippen LogP contribution in [0.1, 0.15) is 58.3 Å². The Morgan fingerprint density at radius 2 is 2.03 bits per heavy atom. The van der Waals surface area contributed by atoms with Gasteiger partial charge in [-0.15, -0.1) is 0 Å². The number of carbonyl (C=O) groups excluding carboxylic acids is 3. The summed E-state index contributed by atoms with van der Waals surface area (Å²) in [6.45, 7) is 2.24. The fraction of sp³-hybridized carbons (Fsp3) is 0.783. The highest BCUT2D eigenvalue weighted by atomic mass is 16.6. The van der Waals surface area contributed by atoms with Crippen LogP contribution in [0, 0.1) is 29.1 Å². The molecule has 8 atom stereocenters. The molecular weight excluding hydrogens is 372 g/mol. The van der Waals surface area contributed by atoms with Crippen molar-refractivity contribution in [2.24, 2.45) is 29.1 Å². The zero-order valence-corrected chi connectivity index (χ0v) is 17.1. The summed E-state index contributed by atoms with van der Waals surface area (Å²) in [6.07, 6.45) is 7.78. The fourth-order valence-electron chi connectivity index (χ4n) is 8.24. The van der Waals surface area contributed by atoms with Gasteiger partial charge in [-0.2, -0.15) is 0 Å². The zero-order valence-electron chi connectivity index (χ0n) is 17.1. The number of epoxide rings is 1. The molecule has 0 bridgehead atoms. The second kappa shape index (κ2) is 5.51. The highest BCUT2D eigenvalue weighted by Crippen LogP contribution is 2.75. The third kappa shape index (κ3) is 2.04. The number of esters is 2. The molecule has 5 fully saturated rings. The Hall–Kier alpha value is -1.69. The van der Waals surface area contributed by atoms with Gasteiger partial charge >= 0.3 is 11.9 Å². The maximum absolute atomic E-state index is 12.9. The Labute approximate surface area is 170 Å². The molecule has 6 heteroatoms. The van der Waals surface area contributed by atoms with Crippen LogP contribution in [0.15, 0.2) is 11.6 Å². The maximum Gasteiger partial charge on any atom is 0.309 e. The van der Waals surface area contributed by atoms with Crippen molar-refractivity contribution in [1.82, 2.24) is 0 Å². The fourth-order valence-corrected chi connectivity index (χ4v) is 8.24. The first-order chi connectivity index (χ1) is 13.8. The van der Waals surface area contributed by atoms with Crippen LogP contribution in [0.5, 0.6) is 0 Å². The summed E-state index contributed by atoms with van der Waals surface area (Å²) in [4.78, 5) is 37.1. The number of fused-ring (bicyclic) bond motifs is 4. The molecule has 0 aromatic carbocycles. The molecule has 29 heavy (non-hydrogen) atoms.